The van der Waals surface area contributed by atoms with Crippen LogP contribution in [0.3, 0.4) is 0 Å². The SMILES string of the molecule is Cc1cccnc1NC(=O)Cc1ccc(NS(=O)(=O)c2cc(Cl)cc(Cl)c2)cc1. The number of hydrogen-bond donors (Lipinski definition) is 2. The fourth-order valence-corrected chi connectivity index (χ4v) is 4.35. The Hall–Kier alpha value is -2.61. The number of benzene rings is 2. The first-order valence-corrected chi connectivity index (χ1v) is 10.8. The van der Waals surface area contributed by atoms with Gasteiger partial charge in [-0.15, -0.1) is 0 Å². The number of carbonyl (C=O) groups excluding carboxylic acids is 1. The molecular formula is C20H17Cl2N3O3S. The molecule has 0 spiro atoms. The third-order valence-corrected chi connectivity index (χ3v) is 5.78. The van der Waals surface area contributed by atoms with Gasteiger partial charge in [-0.25, -0.2) is 13.4 Å². The molecule has 0 bridgehead atoms. The summed E-state index contributed by atoms with van der Waals surface area (Å²) in [6, 6.07) is 14.2. The molecular weight excluding hydrogens is 433 g/mol. The molecule has 1 amide bonds. The van der Waals surface area contributed by atoms with Gasteiger partial charge in [0, 0.05) is 21.9 Å². The number of pyridine rings is 1. The predicted molar refractivity (Wildman–Crippen MR) is 115 cm³/mol. The summed E-state index contributed by atoms with van der Waals surface area (Å²) in [5.41, 5.74) is 1.95. The average Bonchev–Trinajstić information content (AvgIpc) is 2.64. The van der Waals surface area contributed by atoms with E-state index in [1.807, 2.05) is 13.0 Å². The van der Waals surface area contributed by atoms with Crippen molar-refractivity contribution >= 4 is 50.6 Å². The highest BCUT2D eigenvalue weighted by molar-refractivity contribution is 7.92. The highest BCUT2D eigenvalue weighted by Crippen LogP contribution is 2.24. The van der Waals surface area contributed by atoms with Crippen molar-refractivity contribution in [3.05, 3.63) is 82.0 Å². The molecule has 0 saturated heterocycles. The van der Waals surface area contributed by atoms with Crippen LogP contribution in [0.25, 0.3) is 0 Å². The number of nitrogens with zero attached hydrogens (tertiary/aromatic N) is 1. The minimum absolute atomic E-state index is 0.0378. The van der Waals surface area contributed by atoms with Crippen molar-refractivity contribution in [3.63, 3.8) is 0 Å². The van der Waals surface area contributed by atoms with Gasteiger partial charge in [0.15, 0.2) is 0 Å². The maximum Gasteiger partial charge on any atom is 0.261 e. The van der Waals surface area contributed by atoms with Crippen LogP contribution in [0.5, 0.6) is 0 Å². The average molecular weight is 450 g/mol. The van der Waals surface area contributed by atoms with Gasteiger partial charge < -0.3 is 5.32 Å². The second-order valence-electron chi connectivity index (χ2n) is 6.30. The summed E-state index contributed by atoms with van der Waals surface area (Å²) in [4.78, 5) is 16.3. The molecule has 0 radical (unpaired) electrons. The largest absolute Gasteiger partial charge is 0.310 e. The van der Waals surface area contributed by atoms with Crippen LogP contribution >= 0.6 is 23.2 Å². The van der Waals surface area contributed by atoms with Crippen LogP contribution in [0.15, 0.2) is 65.7 Å². The van der Waals surface area contributed by atoms with Gasteiger partial charge in [0.2, 0.25) is 5.91 Å². The summed E-state index contributed by atoms with van der Waals surface area (Å²) in [5.74, 6) is 0.302. The maximum atomic E-state index is 12.5. The zero-order valence-corrected chi connectivity index (χ0v) is 17.6. The van der Waals surface area contributed by atoms with Crippen LogP contribution in [0.1, 0.15) is 11.1 Å². The number of amides is 1. The molecule has 6 nitrogen and oxygen atoms in total. The lowest BCUT2D eigenvalue weighted by molar-refractivity contribution is -0.115. The molecule has 0 aliphatic rings. The highest BCUT2D eigenvalue weighted by atomic mass is 35.5. The van der Waals surface area contributed by atoms with E-state index in [2.05, 4.69) is 15.0 Å². The van der Waals surface area contributed by atoms with Crippen molar-refractivity contribution in [2.24, 2.45) is 0 Å². The van der Waals surface area contributed by atoms with Crippen molar-refractivity contribution < 1.29 is 13.2 Å². The Balaban J connectivity index is 1.67. The Morgan fingerprint density at radius 2 is 1.69 bits per heavy atom. The number of hydrogen-bond acceptors (Lipinski definition) is 4. The fourth-order valence-electron chi connectivity index (χ4n) is 2.57. The number of aryl methyl sites for hydroxylation is 1. The molecule has 3 aromatic rings. The summed E-state index contributed by atoms with van der Waals surface area (Å²) in [6.07, 6.45) is 1.74. The molecule has 0 fully saturated rings. The molecule has 3 rings (SSSR count). The lowest BCUT2D eigenvalue weighted by Crippen LogP contribution is -2.16. The summed E-state index contributed by atoms with van der Waals surface area (Å²) in [5, 5.41) is 3.21. The first-order chi connectivity index (χ1) is 13.7. The quantitative estimate of drug-likeness (QED) is 0.571. The first-order valence-electron chi connectivity index (χ1n) is 8.52. The van der Waals surface area contributed by atoms with Gasteiger partial charge >= 0.3 is 0 Å². The topological polar surface area (TPSA) is 88.2 Å². The van der Waals surface area contributed by atoms with Crippen LogP contribution in [0.4, 0.5) is 11.5 Å². The van der Waals surface area contributed by atoms with E-state index in [9.17, 15) is 13.2 Å². The normalized spacial score (nSPS) is 11.1. The Morgan fingerprint density at radius 1 is 1.03 bits per heavy atom. The van der Waals surface area contributed by atoms with Crippen LogP contribution in [-0.4, -0.2) is 19.3 Å². The highest BCUT2D eigenvalue weighted by Gasteiger charge is 2.16. The van der Waals surface area contributed by atoms with E-state index in [1.54, 1.807) is 36.5 Å². The molecule has 0 aliphatic heterocycles. The van der Waals surface area contributed by atoms with E-state index in [0.717, 1.165) is 11.1 Å². The van der Waals surface area contributed by atoms with Crippen LogP contribution < -0.4 is 10.0 Å². The lowest BCUT2D eigenvalue weighted by Gasteiger charge is -2.10. The number of carbonyl (C=O) groups is 1. The predicted octanol–water partition coefficient (Wildman–Crippen LogP) is 4.68. The lowest BCUT2D eigenvalue weighted by atomic mass is 10.1. The summed E-state index contributed by atoms with van der Waals surface area (Å²) in [6.45, 7) is 1.86. The molecule has 0 saturated carbocycles. The number of aromatic nitrogens is 1. The maximum absolute atomic E-state index is 12.5. The summed E-state index contributed by atoms with van der Waals surface area (Å²) >= 11 is 11.8. The number of sulfonamides is 1. The van der Waals surface area contributed by atoms with E-state index in [4.69, 9.17) is 23.2 Å². The second-order valence-corrected chi connectivity index (χ2v) is 8.86. The third kappa shape index (κ3) is 5.69. The van der Waals surface area contributed by atoms with E-state index in [1.165, 1.54) is 18.2 Å². The van der Waals surface area contributed by atoms with Crippen molar-refractivity contribution in [2.75, 3.05) is 10.0 Å². The molecule has 150 valence electrons. The number of rotatable bonds is 6. The van der Waals surface area contributed by atoms with Gasteiger partial charge in [0.05, 0.1) is 11.3 Å². The fraction of sp³-hybridized carbons (Fsp3) is 0.100. The van der Waals surface area contributed by atoms with Crippen molar-refractivity contribution in [3.8, 4) is 0 Å². The molecule has 0 atom stereocenters. The second kappa shape index (κ2) is 8.82. The van der Waals surface area contributed by atoms with Crippen molar-refractivity contribution in [1.82, 2.24) is 4.98 Å². The Morgan fingerprint density at radius 3 is 2.31 bits per heavy atom. The number of nitrogens with one attached hydrogen (secondary N) is 2. The summed E-state index contributed by atoms with van der Waals surface area (Å²) in [7, 11) is -3.85. The van der Waals surface area contributed by atoms with Gasteiger partial charge in [-0.05, 0) is 54.4 Å². The molecule has 0 aliphatic carbocycles. The summed E-state index contributed by atoms with van der Waals surface area (Å²) < 4.78 is 27.5. The molecule has 2 N–H and O–H groups in total. The Labute approximate surface area is 178 Å². The minimum atomic E-state index is -3.85. The monoisotopic (exact) mass is 449 g/mol. The van der Waals surface area contributed by atoms with Gasteiger partial charge in [-0.3, -0.25) is 9.52 Å². The Bertz CT molecular complexity index is 1130. The van der Waals surface area contributed by atoms with Gasteiger partial charge in [0.1, 0.15) is 5.82 Å². The third-order valence-electron chi connectivity index (χ3n) is 3.98. The van der Waals surface area contributed by atoms with Crippen LogP contribution in [-0.2, 0) is 21.2 Å². The minimum Gasteiger partial charge on any atom is -0.310 e. The standard InChI is InChI=1S/C20H17Cl2N3O3S/c1-13-3-2-8-23-20(13)24-19(26)9-14-4-6-17(7-5-14)25-29(27,28)18-11-15(21)10-16(22)12-18/h2-8,10-12,25H,9H2,1H3,(H,23,24,26). The number of anilines is 2. The van der Waals surface area contributed by atoms with Crippen molar-refractivity contribution in [2.45, 2.75) is 18.2 Å². The van der Waals surface area contributed by atoms with E-state index >= 15 is 0 Å². The van der Waals surface area contributed by atoms with Crippen LogP contribution in [0, 0.1) is 6.92 Å². The van der Waals surface area contributed by atoms with Crippen molar-refractivity contribution in [1.29, 1.82) is 0 Å². The van der Waals surface area contributed by atoms with E-state index in [0.29, 0.717) is 11.5 Å². The van der Waals surface area contributed by atoms with Crippen LogP contribution in [0.2, 0.25) is 10.0 Å². The van der Waals surface area contributed by atoms with E-state index < -0.39 is 10.0 Å². The molecule has 1 aromatic heterocycles. The molecule has 2 aromatic carbocycles. The molecule has 0 unspecified atom stereocenters. The smallest absolute Gasteiger partial charge is 0.261 e. The molecule has 9 heteroatoms. The first kappa shape index (κ1) is 21.1. The molecule has 1 heterocycles. The zero-order valence-electron chi connectivity index (χ0n) is 15.3. The van der Waals surface area contributed by atoms with Gasteiger partial charge in [0.25, 0.3) is 10.0 Å². The number of halogens is 2. The molecule has 29 heavy (non-hydrogen) atoms. The van der Waals surface area contributed by atoms with Gasteiger partial charge in [-0.2, -0.15) is 0 Å². The van der Waals surface area contributed by atoms with Gasteiger partial charge in [-0.1, -0.05) is 41.4 Å². The zero-order chi connectivity index (χ0) is 21.0. The van der Waals surface area contributed by atoms with E-state index in [-0.39, 0.29) is 27.3 Å². The Kier molecular flexibility index (Phi) is 6.42.